The summed E-state index contributed by atoms with van der Waals surface area (Å²) in [5.74, 6) is 0. The molecule has 0 spiro atoms. The Morgan fingerprint density at radius 2 is 2.00 bits per heavy atom. The highest BCUT2D eigenvalue weighted by Crippen LogP contribution is 2.28. The molecule has 0 saturated carbocycles. The van der Waals surface area contributed by atoms with Gasteiger partial charge < -0.3 is 10.2 Å². The van der Waals surface area contributed by atoms with Gasteiger partial charge in [0.25, 0.3) is 0 Å². The van der Waals surface area contributed by atoms with Gasteiger partial charge in [-0.05, 0) is 56.4 Å². The van der Waals surface area contributed by atoms with Crippen LogP contribution in [0.3, 0.4) is 0 Å². The molecule has 0 radical (unpaired) electrons. The first-order chi connectivity index (χ1) is 8.43. The van der Waals surface area contributed by atoms with Crippen LogP contribution in [-0.4, -0.2) is 24.5 Å². The fraction of sp³-hybridized carbons (Fsp3) is 0.600. The molecule has 2 aliphatic heterocycles. The van der Waals surface area contributed by atoms with Gasteiger partial charge in [0, 0.05) is 12.6 Å². The summed E-state index contributed by atoms with van der Waals surface area (Å²) in [6.07, 6.45) is 5.43. The van der Waals surface area contributed by atoms with E-state index < -0.39 is 0 Å². The van der Waals surface area contributed by atoms with Gasteiger partial charge in [0.15, 0.2) is 0 Å². The Labute approximate surface area is 104 Å². The van der Waals surface area contributed by atoms with Crippen molar-refractivity contribution in [3.05, 3.63) is 35.4 Å². The van der Waals surface area contributed by atoms with Crippen molar-refractivity contribution in [3.63, 3.8) is 0 Å². The van der Waals surface area contributed by atoms with Gasteiger partial charge in [0.05, 0.1) is 0 Å². The Hall–Kier alpha value is -0.860. The van der Waals surface area contributed by atoms with E-state index >= 15 is 0 Å². The van der Waals surface area contributed by atoms with Crippen molar-refractivity contribution in [3.8, 4) is 0 Å². The zero-order chi connectivity index (χ0) is 11.5. The lowest BCUT2D eigenvalue weighted by Crippen LogP contribution is -2.22. The number of nitrogens with one attached hydrogen (secondary N) is 1. The van der Waals surface area contributed by atoms with Crippen LogP contribution in [0.1, 0.15) is 42.9 Å². The second-order valence-corrected chi connectivity index (χ2v) is 5.32. The van der Waals surface area contributed by atoms with Crippen molar-refractivity contribution in [2.45, 2.75) is 38.3 Å². The summed E-state index contributed by atoms with van der Waals surface area (Å²) >= 11 is 0. The summed E-state index contributed by atoms with van der Waals surface area (Å²) in [6, 6.07) is 9.46. The van der Waals surface area contributed by atoms with E-state index in [1.54, 1.807) is 0 Å². The number of nitrogens with zero attached hydrogens (tertiary/aromatic N) is 1. The largest absolute Gasteiger partial charge is 0.306 e. The zero-order valence-corrected chi connectivity index (χ0v) is 10.5. The minimum absolute atomic E-state index is 0.605. The van der Waals surface area contributed by atoms with Crippen LogP contribution in [0.15, 0.2) is 24.3 Å². The quantitative estimate of drug-likeness (QED) is 0.855. The van der Waals surface area contributed by atoms with Crippen molar-refractivity contribution in [1.82, 2.24) is 10.2 Å². The van der Waals surface area contributed by atoms with Gasteiger partial charge in [-0.15, -0.1) is 0 Å². The first kappa shape index (κ1) is 11.2. The van der Waals surface area contributed by atoms with Gasteiger partial charge in [0.2, 0.25) is 0 Å². The molecule has 1 saturated heterocycles. The Morgan fingerprint density at radius 1 is 1.18 bits per heavy atom. The van der Waals surface area contributed by atoms with E-state index in [-0.39, 0.29) is 0 Å². The standard InChI is InChI=1S/C15H22N2/c1-2-7-14-13(6-1)12-16-15(14)8-5-11-17-9-3-4-10-17/h1-2,6-7,15-16H,3-5,8-12H2. The Kier molecular flexibility index (Phi) is 3.44. The van der Waals surface area contributed by atoms with E-state index in [0.717, 1.165) is 6.54 Å². The lowest BCUT2D eigenvalue weighted by atomic mass is 10.0. The van der Waals surface area contributed by atoms with Gasteiger partial charge in [-0.1, -0.05) is 24.3 Å². The first-order valence-corrected chi connectivity index (χ1v) is 6.97. The molecule has 0 aliphatic carbocycles. The SMILES string of the molecule is c1ccc2c(c1)CNC2CCCN1CCCC1. The molecular weight excluding hydrogens is 208 g/mol. The minimum Gasteiger partial charge on any atom is -0.306 e. The van der Waals surface area contributed by atoms with Crippen LogP contribution in [0, 0.1) is 0 Å². The third-order valence-corrected chi connectivity index (χ3v) is 4.14. The van der Waals surface area contributed by atoms with Crippen molar-refractivity contribution in [1.29, 1.82) is 0 Å². The topological polar surface area (TPSA) is 15.3 Å². The Morgan fingerprint density at radius 3 is 2.88 bits per heavy atom. The molecule has 3 rings (SSSR count). The molecule has 0 bridgehead atoms. The van der Waals surface area contributed by atoms with Crippen LogP contribution in [0.2, 0.25) is 0 Å². The second kappa shape index (κ2) is 5.19. The van der Waals surface area contributed by atoms with Gasteiger partial charge in [0.1, 0.15) is 0 Å². The van der Waals surface area contributed by atoms with E-state index in [1.807, 2.05) is 0 Å². The molecule has 1 atom stereocenters. The lowest BCUT2D eigenvalue weighted by molar-refractivity contribution is 0.321. The monoisotopic (exact) mass is 230 g/mol. The fourth-order valence-electron chi connectivity index (χ4n) is 3.16. The summed E-state index contributed by atoms with van der Waals surface area (Å²) in [5.41, 5.74) is 3.03. The van der Waals surface area contributed by atoms with E-state index in [4.69, 9.17) is 0 Å². The molecule has 1 fully saturated rings. The zero-order valence-electron chi connectivity index (χ0n) is 10.5. The molecule has 1 aromatic rings. The number of benzene rings is 1. The highest BCUT2D eigenvalue weighted by atomic mass is 15.1. The fourth-order valence-corrected chi connectivity index (χ4v) is 3.16. The van der Waals surface area contributed by atoms with Crippen LogP contribution in [0.25, 0.3) is 0 Å². The second-order valence-electron chi connectivity index (χ2n) is 5.32. The van der Waals surface area contributed by atoms with Crippen LogP contribution in [-0.2, 0) is 6.54 Å². The maximum Gasteiger partial charge on any atom is 0.0326 e. The summed E-state index contributed by atoms with van der Waals surface area (Å²) < 4.78 is 0. The Bertz CT molecular complexity index is 369. The van der Waals surface area contributed by atoms with Crippen LogP contribution in [0.4, 0.5) is 0 Å². The van der Waals surface area contributed by atoms with Gasteiger partial charge in [-0.25, -0.2) is 0 Å². The predicted molar refractivity (Wildman–Crippen MR) is 70.9 cm³/mol. The Balaban J connectivity index is 1.50. The van der Waals surface area contributed by atoms with Crippen LogP contribution in [0.5, 0.6) is 0 Å². The third-order valence-electron chi connectivity index (χ3n) is 4.14. The molecule has 2 heterocycles. The van der Waals surface area contributed by atoms with E-state index in [0.29, 0.717) is 6.04 Å². The van der Waals surface area contributed by atoms with Crippen molar-refractivity contribution < 1.29 is 0 Å². The molecule has 2 aliphatic rings. The summed E-state index contributed by atoms with van der Waals surface area (Å²) in [4.78, 5) is 2.61. The maximum absolute atomic E-state index is 3.63. The average Bonchev–Trinajstić information content (AvgIpc) is 2.99. The number of fused-ring (bicyclic) bond motifs is 1. The summed E-state index contributed by atoms with van der Waals surface area (Å²) in [6.45, 7) is 5.01. The van der Waals surface area contributed by atoms with Gasteiger partial charge >= 0.3 is 0 Å². The number of rotatable bonds is 4. The molecule has 17 heavy (non-hydrogen) atoms. The molecule has 2 heteroatoms. The van der Waals surface area contributed by atoms with Crippen LogP contribution < -0.4 is 5.32 Å². The molecule has 2 nitrogen and oxygen atoms in total. The summed E-state index contributed by atoms with van der Waals surface area (Å²) in [7, 11) is 0. The molecule has 0 aromatic heterocycles. The number of hydrogen-bond acceptors (Lipinski definition) is 2. The molecular formula is C15H22N2. The van der Waals surface area contributed by atoms with Gasteiger partial charge in [-0.3, -0.25) is 0 Å². The van der Waals surface area contributed by atoms with E-state index in [9.17, 15) is 0 Å². The normalized spacial score (nSPS) is 24.1. The molecule has 1 N–H and O–H groups in total. The van der Waals surface area contributed by atoms with Gasteiger partial charge in [-0.2, -0.15) is 0 Å². The maximum atomic E-state index is 3.63. The van der Waals surface area contributed by atoms with Crippen LogP contribution >= 0.6 is 0 Å². The lowest BCUT2D eigenvalue weighted by Gasteiger charge is -2.17. The van der Waals surface area contributed by atoms with E-state index in [2.05, 4.69) is 34.5 Å². The highest BCUT2D eigenvalue weighted by molar-refractivity contribution is 5.33. The minimum atomic E-state index is 0.605. The highest BCUT2D eigenvalue weighted by Gasteiger charge is 2.21. The van der Waals surface area contributed by atoms with Crippen molar-refractivity contribution in [2.24, 2.45) is 0 Å². The van der Waals surface area contributed by atoms with Crippen molar-refractivity contribution >= 4 is 0 Å². The molecule has 1 aromatic carbocycles. The summed E-state index contributed by atoms with van der Waals surface area (Å²) in [5, 5.41) is 3.63. The van der Waals surface area contributed by atoms with E-state index in [1.165, 1.54) is 56.4 Å². The smallest absolute Gasteiger partial charge is 0.0326 e. The third kappa shape index (κ3) is 2.53. The average molecular weight is 230 g/mol. The first-order valence-electron chi connectivity index (χ1n) is 6.97. The molecule has 92 valence electrons. The number of likely N-dealkylation sites (tertiary alicyclic amines) is 1. The number of hydrogen-bond donors (Lipinski definition) is 1. The molecule has 1 unspecified atom stereocenters. The predicted octanol–water partition coefficient (Wildman–Crippen LogP) is 2.71. The van der Waals surface area contributed by atoms with Crippen molar-refractivity contribution in [2.75, 3.05) is 19.6 Å². The molecule has 0 amide bonds.